The minimum absolute atomic E-state index is 0.144. The Morgan fingerprint density at radius 1 is 1.32 bits per heavy atom. The fraction of sp³-hybridized carbons (Fsp3) is 0.769. The summed E-state index contributed by atoms with van der Waals surface area (Å²) in [4.78, 5) is 0. The molecule has 2 atom stereocenters. The number of alkyl halides is 6. The van der Waals surface area contributed by atoms with Crippen LogP contribution in [0.15, 0.2) is 0 Å². The van der Waals surface area contributed by atoms with Gasteiger partial charge in [-0.25, -0.2) is 13.2 Å². The summed E-state index contributed by atoms with van der Waals surface area (Å²) < 4.78 is 80.7. The molecule has 0 aromatic carbocycles. The normalized spacial score (nSPS) is 25.9. The minimum atomic E-state index is -4.98. The molecular weight excluding hydrogens is 314 g/mol. The van der Waals surface area contributed by atoms with Crippen molar-refractivity contribution in [2.24, 2.45) is 5.92 Å². The van der Waals surface area contributed by atoms with Crippen molar-refractivity contribution in [1.82, 2.24) is 9.78 Å². The molecule has 1 fully saturated rings. The Hall–Kier alpha value is -1.25. The highest BCUT2D eigenvalue weighted by molar-refractivity contribution is 5.35. The van der Waals surface area contributed by atoms with Gasteiger partial charge in [-0.3, -0.25) is 4.68 Å². The maximum Gasteiger partial charge on any atom is 0.435 e. The lowest BCUT2D eigenvalue weighted by Gasteiger charge is -2.28. The van der Waals surface area contributed by atoms with Crippen LogP contribution < -0.4 is 0 Å². The van der Waals surface area contributed by atoms with Crippen LogP contribution in [0.4, 0.5) is 26.3 Å². The predicted molar refractivity (Wildman–Crippen MR) is 63.1 cm³/mol. The van der Waals surface area contributed by atoms with E-state index in [9.17, 15) is 31.4 Å². The molecule has 2 aliphatic carbocycles. The number of nitrogens with zero attached hydrogens (tertiary/aromatic N) is 2. The number of halogens is 6. The van der Waals surface area contributed by atoms with Gasteiger partial charge in [0.05, 0.1) is 6.54 Å². The summed E-state index contributed by atoms with van der Waals surface area (Å²) in [6.45, 7) is -0.401. The molecule has 0 aliphatic heterocycles. The maximum absolute atomic E-state index is 13.8. The van der Waals surface area contributed by atoms with E-state index in [-0.39, 0.29) is 18.0 Å². The summed E-state index contributed by atoms with van der Waals surface area (Å²) in [6, 6.07) is 0. The van der Waals surface area contributed by atoms with Crippen molar-refractivity contribution < 1.29 is 31.4 Å². The average molecular weight is 328 g/mol. The molecule has 1 unspecified atom stereocenters. The lowest BCUT2D eigenvalue weighted by molar-refractivity contribution is -0.150. The average Bonchev–Trinajstić information content (AvgIpc) is 3.16. The van der Waals surface area contributed by atoms with Gasteiger partial charge in [0, 0.05) is 17.7 Å². The van der Waals surface area contributed by atoms with Crippen molar-refractivity contribution in [2.45, 2.75) is 56.6 Å². The molecule has 1 aromatic heterocycles. The molecule has 0 spiro atoms. The van der Waals surface area contributed by atoms with Gasteiger partial charge >= 0.3 is 6.18 Å². The number of fused-ring (bicyclic) bond motifs is 1. The monoisotopic (exact) mass is 328 g/mol. The number of aliphatic hydroxyl groups is 1. The van der Waals surface area contributed by atoms with Crippen molar-refractivity contribution in [2.75, 3.05) is 0 Å². The third-order valence-corrected chi connectivity index (χ3v) is 4.22. The van der Waals surface area contributed by atoms with Gasteiger partial charge in [-0.1, -0.05) is 0 Å². The zero-order valence-corrected chi connectivity index (χ0v) is 11.4. The molecule has 1 N–H and O–H groups in total. The molecule has 2 aliphatic rings. The quantitative estimate of drug-likeness (QED) is 0.865. The number of hydrogen-bond acceptors (Lipinski definition) is 2. The Morgan fingerprint density at radius 3 is 2.50 bits per heavy atom. The van der Waals surface area contributed by atoms with Crippen molar-refractivity contribution in [3.8, 4) is 0 Å². The Labute approximate surface area is 121 Å². The van der Waals surface area contributed by atoms with E-state index in [0.717, 1.165) is 4.68 Å². The Kier molecular flexibility index (Phi) is 3.46. The zero-order chi connectivity index (χ0) is 16.3. The SMILES string of the molecule is OC1c2c(C(F)(F)F)nn(C[C@H](F)C3CC3)c2CCC1(F)F. The van der Waals surface area contributed by atoms with E-state index in [2.05, 4.69) is 5.10 Å². The molecule has 3 nitrogen and oxygen atoms in total. The summed E-state index contributed by atoms with van der Waals surface area (Å²) in [5.74, 6) is -3.85. The van der Waals surface area contributed by atoms with Gasteiger partial charge in [-0.05, 0) is 25.2 Å². The van der Waals surface area contributed by atoms with E-state index < -0.39 is 48.6 Å². The molecular formula is C13H14F6N2O. The fourth-order valence-electron chi connectivity index (χ4n) is 2.83. The molecule has 9 heteroatoms. The van der Waals surface area contributed by atoms with Crippen molar-refractivity contribution in [1.29, 1.82) is 0 Å². The van der Waals surface area contributed by atoms with E-state index in [4.69, 9.17) is 0 Å². The molecule has 0 saturated heterocycles. The molecule has 0 bridgehead atoms. The molecule has 0 amide bonds. The summed E-state index contributed by atoms with van der Waals surface area (Å²) in [5.41, 5.74) is -2.60. The highest BCUT2D eigenvalue weighted by atomic mass is 19.4. The van der Waals surface area contributed by atoms with Gasteiger partial charge in [0.25, 0.3) is 5.92 Å². The first-order chi connectivity index (χ1) is 10.1. The highest BCUT2D eigenvalue weighted by Crippen LogP contribution is 2.46. The third-order valence-electron chi connectivity index (χ3n) is 4.22. The second-order valence-electron chi connectivity index (χ2n) is 5.91. The van der Waals surface area contributed by atoms with E-state index in [0.29, 0.717) is 12.8 Å². The second-order valence-corrected chi connectivity index (χ2v) is 5.91. The van der Waals surface area contributed by atoms with Gasteiger partial charge in [0.2, 0.25) is 0 Å². The van der Waals surface area contributed by atoms with Crippen LogP contribution in [0.25, 0.3) is 0 Å². The van der Waals surface area contributed by atoms with E-state index >= 15 is 0 Å². The number of rotatable bonds is 3. The first-order valence-electron chi connectivity index (χ1n) is 6.98. The minimum Gasteiger partial charge on any atom is -0.382 e. The maximum atomic E-state index is 13.8. The van der Waals surface area contributed by atoms with Crippen LogP contribution in [0.1, 0.15) is 42.3 Å². The van der Waals surface area contributed by atoms with Gasteiger partial charge < -0.3 is 5.11 Å². The summed E-state index contributed by atoms with van der Waals surface area (Å²) in [6.07, 6.45) is -8.74. The summed E-state index contributed by atoms with van der Waals surface area (Å²) >= 11 is 0. The van der Waals surface area contributed by atoms with Crippen molar-refractivity contribution in [3.63, 3.8) is 0 Å². The van der Waals surface area contributed by atoms with Crippen LogP contribution in [-0.4, -0.2) is 27.0 Å². The van der Waals surface area contributed by atoms with Gasteiger partial charge in [0.1, 0.15) is 12.3 Å². The van der Waals surface area contributed by atoms with Crippen molar-refractivity contribution >= 4 is 0 Å². The summed E-state index contributed by atoms with van der Waals surface area (Å²) in [5, 5.41) is 12.9. The van der Waals surface area contributed by atoms with Gasteiger partial charge in [0.15, 0.2) is 5.69 Å². The number of aliphatic hydroxyl groups excluding tert-OH is 1. The molecule has 3 rings (SSSR count). The molecule has 1 aromatic rings. The largest absolute Gasteiger partial charge is 0.435 e. The zero-order valence-electron chi connectivity index (χ0n) is 11.4. The molecule has 0 radical (unpaired) electrons. The second kappa shape index (κ2) is 4.87. The van der Waals surface area contributed by atoms with Crippen molar-refractivity contribution in [3.05, 3.63) is 17.0 Å². The Balaban J connectivity index is 2.02. The molecule has 22 heavy (non-hydrogen) atoms. The smallest absolute Gasteiger partial charge is 0.382 e. The van der Waals surface area contributed by atoms with Crippen LogP contribution in [0.5, 0.6) is 0 Å². The molecule has 124 valence electrons. The molecule has 1 heterocycles. The molecule has 1 saturated carbocycles. The van der Waals surface area contributed by atoms with Gasteiger partial charge in [-0.2, -0.15) is 18.3 Å². The first-order valence-corrected chi connectivity index (χ1v) is 6.98. The number of aromatic nitrogens is 2. The Bertz CT molecular complexity index is 578. The van der Waals surface area contributed by atoms with Crippen LogP contribution in [0.3, 0.4) is 0 Å². The topological polar surface area (TPSA) is 38.1 Å². The Morgan fingerprint density at radius 2 is 1.95 bits per heavy atom. The van der Waals surface area contributed by atoms with Crippen LogP contribution in [0.2, 0.25) is 0 Å². The lowest BCUT2D eigenvalue weighted by atomic mass is 9.89. The lowest BCUT2D eigenvalue weighted by Crippen LogP contribution is -2.33. The fourth-order valence-corrected chi connectivity index (χ4v) is 2.83. The first kappa shape index (κ1) is 15.6. The van der Waals surface area contributed by atoms with E-state index in [1.54, 1.807) is 0 Å². The standard InChI is InChI=1S/C13H14F6N2O/c14-7(6-1-2-6)5-21-8-3-4-12(15,16)11(22)9(8)10(20-21)13(17,18)19/h6-7,11,22H,1-5H2/t7-,11?/m0/s1. The van der Waals surface area contributed by atoms with E-state index in [1.165, 1.54) is 0 Å². The highest BCUT2D eigenvalue weighted by Gasteiger charge is 2.51. The van der Waals surface area contributed by atoms with E-state index in [1.807, 2.05) is 0 Å². The third kappa shape index (κ3) is 2.59. The van der Waals surface area contributed by atoms with Crippen LogP contribution in [-0.2, 0) is 19.1 Å². The number of hydrogen-bond donors (Lipinski definition) is 1. The van der Waals surface area contributed by atoms with Gasteiger partial charge in [-0.15, -0.1) is 0 Å². The van der Waals surface area contributed by atoms with Crippen LogP contribution >= 0.6 is 0 Å². The summed E-state index contributed by atoms with van der Waals surface area (Å²) in [7, 11) is 0. The van der Waals surface area contributed by atoms with Crippen LogP contribution in [0, 0.1) is 5.92 Å². The predicted octanol–water partition coefficient (Wildman–Crippen LogP) is 3.26.